The number of carbonyl (C=O) groups is 3. The van der Waals surface area contributed by atoms with Gasteiger partial charge in [0.1, 0.15) is 11.8 Å². The molecule has 2 fully saturated rings. The molecule has 2 amide bonds. The maximum absolute atomic E-state index is 14.0. The maximum atomic E-state index is 14.0. The van der Waals surface area contributed by atoms with E-state index >= 15 is 0 Å². The first-order chi connectivity index (χ1) is 16.6. The molecular formula is C28H22N2O4. The van der Waals surface area contributed by atoms with Crippen molar-refractivity contribution in [2.45, 2.75) is 12.1 Å². The lowest BCUT2D eigenvalue weighted by molar-refractivity contribution is -0.122. The van der Waals surface area contributed by atoms with Gasteiger partial charge in [0.05, 0.1) is 30.7 Å². The molecule has 3 aromatic rings. The zero-order chi connectivity index (χ0) is 23.4. The van der Waals surface area contributed by atoms with Gasteiger partial charge < -0.3 is 9.64 Å². The second kappa shape index (κ2) is 7.70. The van der Waals surface area contributed by atoms with Gasteiger partial charge >= 0.3 is 0 Å². The van der Waals surface area contributed by atoms with Gasteiger partial charge in [-0.3, -0.25) is 14.4 Å². The summed E-state index contributed by atoms with van der Waals surface area (Å²) >= 11 is 0. The lowest BCUT2D eigenvalue weighted by Gasteiger charge is -2.36. The second-order valence-electron chi connectivity index (χ2n) is 8.75. The molecule has 6 nitrogen and oxygen atoms in total. The van der Waals surface area contributed by atoms with Gasteiger partial charge in [0.2, 0.25) is 11.8 Å². The first-order valence-corrected chi connectivity index (χ1v) is 11.3. The van der Waals surface area contributed by atoms with Crippen molar-refractivity contribution < 1.29 is 19.1 Å². The number of amides is 2. The number of anilines is 2. The van der Waals surface area contributed by atoms with Crippen molar-refractivity contribution >= 4 is 35.0 Å². The fraction of sp³-hybridized carbons (Fsp3) is 0.179. The first kappa shape index (κ1) is 20.4. The molecule has 34 heavy (non-hydrogen) atoms. The van der Waals surface area contributed by atoms with Crippen LogP contribution in [0.3, 0.4) is 0 Å². The van der Waals surface area contributed by atoms with Crippen LogP contribution in [0.15, 0.2) is 84.9 Å². The van der Waals surface area contributed by atoms with Gasteiger partial charge in [-0.05, 0) is 48.0 Å². The van der Waals surface area contributed by atoms with E-state index in [2.05, 4.69) is 0 Å². The number of benzene rings is 3. The predicted octanol–water partition coefficient (Wildman–Crippen LogP) is 3.97. The minimum atomic E-state index is -0.792. The van der Waals surface area contributed by atoms with E-state index in [1.807, 2.05) is 47.4 Å². The molecule has 0 saturated carbocycles. The molecular weight excluding hydrogens is 428 g/mol. The highest BCUT2D eigenvalue weighted by molar-refractivity contribution is 6.25. The molecule has 6 rings (SSSR count). The first-order valence-electron chi connectivity index (χ1n) is 11.3. The zero-order valence-electron chi connectivity index (χ0n) is 18.5. The summed E-state index contributed by atoms with van der Waals surface area (Å²) < 4.78 is 5.23. The van der Waals surface area contributed by atoms with E-state index in [1.165, 1.54) is 4.90 Å². The third-order valence-corrected chi connectivity index (χ3v) is 7.07. The number of methoxy groups -OCH3 is 1. The Morgan fingerprint density at radius 3 is 2.24 bits per heavy atom. The number of fused-ring (bicyclic) bond motifs is 5. The quantitative estimate of drug-likeness (QED) is 0.445. The monoisotopic (exact) mass is 450 g/mol. The SMILES string of the molecule is COc1ccc(C(=O)C2C3C(=O)N(c4ccccc4)C(=O)C3C3C=Cc4ccccc4N32)cc1. The average Bonchev–Trinajstić information content (AvgIpc) is 3.37. The van der Waals surface area contributed by atoms with E-state index in [1.54, 1.807) is 55.6 Å². The number of hydrogen-bond donors (Lipinski definition) is 0. The molecule has 0 aromatic heterocycles. The lowest BCUT2D eigenvalue weighted by atomic mass is 9.86. The number of imide groups is 1. The Kier molecular flexibility index (Phi) is 4.62. The summed E-state index contributed by atoms with van der Waals surface area (Å²) in [7, 11) is 1.57. The number of ether oxygens (including phenoxy) is 1. The maximum Gasteiger partial charge on any atom is 0.240 e. The summed E-state index contributed by atoms with van der Waals surface area (Å²) in [6, 6.07) is 22.4. The molecule has 3 heterocycles. The Bertz CT molecular complexity index is 1330. The van der Waals surface area contributed by atoms with Gasteiger partial charge in [-0.1, -0.05) is 48.6 Å². The molecule has 0 radical (unpaired) electrons. The number of hydrogen-bond acceptors (Lipinski definition) is 5. The standard InChI is InChI=1S/C28H22N2O4/c1-34-20-14-11-18(12-15-20)26(31)25-24-23(22-16-13-17-7-5-6-10-21(17)30(22)25)27(32)29(28(24)33)19-8-3-2-4-9-19/h2-16,22-25H,1H3. The lowest BCUT2D eigenvalue weighted by Crippen LogP contribution is -2.48. The molecule has 3 aliphatic rings. The van der Waals surface area contributed by atoms with E-state index in [-0.39, 0.29) is 23.6 Å². The Morgan fingerprint density at radius 2 is 1.50 bits per heavy atom. The number of Topliss-reactive ketones (excluding diaryl/α,β-unsaturated/α-hetero) is 1. The molecule has 6 heteroatoms. The molecule has 3 aromatic carbocycles. The normalized spacial score (nSPS) is 24.6. The molecule has 2 saturated heterocycles. The highest BCUT2D eigenvalue weighted by Gasteiger charge is 2.64. The summed E-state index contributed by atoms with van der Waals surface area (Å²) in [6.07, 6.45) is 3.94. The third kappa shape index (κ3) is 2.85. The molecule has 168 valence electrons. The van der Waals surface area contributed by atoms with Crippen LogP contribution < -0.4 is 14.5 Å². The largest absolute Gasteiger partial charge is 0.497 e. The van der Waals surface area contributed by atoms with Crippen molar-refractivity contribution in [3.05, 3.63) is 96.1 Å². The van der Waals surface area contributed by atoms with Crippen LogP contribution in [0.2, 0.25) is 0 Å². The minimum Gasteiger partial charge on any atom is -0.497 e. The highest BCUT2D eigenvalue weighted by Crippen LogP contribution is 2.49. The number of nitrogens with zero attached hydrogens (tertiary/aromatic N) is 2. The summed E-state index contributed by atoms with van der Waals surface area (Å²) in [5.41, 5.74) is 2.85. The Labute approximate surface area is 197 Å². The van der Waals surface area contributed by atoms with Gasteiger partial charge in [-0.2, -0.15) is 0 Å². The topological polar surface area (TPSA) is 66.9 Å². The number of ketones is 1. The van der Waals surface area contributed by atoms with E-state index in [0.29, 0.717) is 17.0 Å². The van der Waals surface area contributed by atoms with Crippen LogP contribution in [0.25, 0.3) is 6.08 Å². The van der Waals surface area contributed by atoms with Crippen molar-refractivity contribution in [3.63, 3.8) is 0 Å². The zero-order valence-corrected chi connectivity index (χ0v) is 18.5. The van der Waals surface area contributed by atoms with Crippen LogP contribution in [-0.4, -0.2) is 36.8 Å². The second-order valence-corrected chi connectivity index (χ2v) is 8.75. The predicted molar refractivity (Wildman–Crippen MR) is 129 cm³/mol. The van der Waals surface area contributed by atoms with E-state index in [0.717, 1.165) is 11.3 Å². The fourth-order valence-corrected chi connectivity index (χ4v) is 5.57. The van der Waals surface area contributed by atoms with E-state index in [9.17, 15) is 14.4 Å². The Balaban J connectivity index is 1.48. The highest BCUT2D eigenvalue weighted by atomic mass is 16.5. The van der Waals surface area contributed by atoms with Crippen molar-refractivity contribution in [1.82, 2.24) is 0 Å². The van der Waals surface area contributed by atoms with Gasteiger partial charge in [0.15, 0.2) is 5.78 Å². The van der Waals surface area contributed by atoms with Crippen molar-refractivity contribution in [2.24, 2.45) is 11.8 Å². The van der Waals surface area contributed by atoms with Crippen LogP contribution in [0, 0.1) is 11.8 Å². The Hall–Kier alpha value is -4.19. The molecule has 3 aliphatic heterocycles. The minimum absolute atomic E-state index is 0.179. The van der Waals surface area contributed by atoms with Crippen LogP contribution in [0.5, 0.6) is 5.75 Å². The van der Waals surface area contributed by atoms with Crippen molar-refractivity contribution in [1.29, 1.82) is 0 Å². The van der Waals surface area contributed by atoms with E-state index in [4.69, 9.17) is 4.74 Å². The van der Waals surface area contributed by atoms with Gasteiger partial charge in [-0.25, -0.2) is 4.90 Å². The molecule has 0 aliphatic carbocycles. The van der Waals surface area contributed by atoms with Crippen LogP contribution in [0.1, 0.15) is 15.9 Å². The van der Waals surface area contributed by atoms with Crippen LogP contribution in [-0.2, 0) is 9.59 Å². The molecule has 0 spiro atoms. The average molecular weight is 450 g/mol. The molecule has 4 atom stereocenters. The van der Waals surface area contributed by atoms with Gasteiger partial charge in [0, 0.05) is 11.3 Å². The summed E-state index contributed by atoms with van der Waals surface area (Å²) in [6.45, 7) is 0. The summed E-state index contributed by atoms with van der Waals surface area (Å²) in [5, 5.41) is 0. The van der Waals surface area contributed by atoms with Crippen LogP contribution in [0.4, 0.5) is 11.4 Å². The molecule has 4 unspecified atom stereocenters. The number of rotatable bonds is 4. The summed E-state index contributed by atoms with van der Waals surface area (Å²) in [4.78, 5) is 44.7. The number of para-hydroxylation sites is 2. The van der Waals surface area contributed by atoms with Gasteiger partial charge in [0.25, 0.3) is 0 Å². The Morgan fingerprint density at radius 1 is 0.824 bits per heavy atom. The molecule has 0 N–H and O–H groups in total. The van der Waals surface area contributed by atoms with E-state index < -0.39 is 17.9 Å². The fourth-order valence-electron chi connectivity index (χ4n) is 5.57. The smallest absolute Gasteiger partial charge is 0.240 e. The van der Waals surface area contributed by atoms with Crippen molar-refractivity contribution in [2.75, 3.05) is 16.9 Å². The third-order valence-electron chi connectivity index (χ3n) is 7.07. The number of carbonyl (C=O) groups excluding carboxylic acids is 3. The molecule has 0 bridgehead atoms. The van der Waals surface area contributed by atoms with Gasteiger partial charge in [-0.15, -0.1) is 0 Å². The van der Waals surface area contributed by atoms with Crippen LogP contribution >= 0.6 is 0 Å². The summed E-state index contributed by atoms with van der Waals surface area (Å²) in [5.74, 6) is -1.53. The van der Waals surface area contributed by atoms with Crippen molar-refractivity contribution in [3.8, 4) is 5.75 Å².